The van der Waals surface area contributed by atoms with E-state index < -0.39 is 0 Å². The molecule has 2 unspecified atom stereocenters. The molecular formula is C7H16BNO2. The third kappa shape index (κ3) is 2.81. The molecule has 0 aromatic heterocycles. The van der Waals surface area contributed by atoms with E-state index in [0.29, 0.717) is 26.2 Å². The highest BCUT2D eigenvalue weighted by molar-refractivity contribution is 6.23. The highest BCUT2D eigenvalue weighted by Crippen LogP contribution is 2.24. The molecule has 4 heteroatoms. The third-order valence-electron chi connectivity index (χ3n) is 2.32. The minimum Gasteiger partial charge on any atom is -0.427 e. The van der Waals surface area contributed by atoms with Crippen molar-refractivity contribution in [3.63, 3.8) is 0 Å². The average molecular weight is 157 g/mol. The summed E-state index contributed by atoms with van der Waals surface area (Å²) in [4.78, 5) is 0. The van der Waals surface area contributed by atoms with Gasteiger partial charge in [-0.3, -0.25) is 0 Å². The van der Waals surface area contributed by atoms with Gasteiger partial charge in [0, 0.05) is 13.7 Å². The summed E-state index contributed by atoms with van der Waals surface area (Å²) in [6.45, 7) is 0.338. The highest BCUT2D eigenvalue weighted by Gasteiger charge is 2.23. The van der Waals surface area contributed by atoms with Crippen molar-refractivity contribution in [1.29, 1.82) is 0 Å². The van der Waals surface area contributed by atoms with Crippen LogP contribution in [0.2, 0.25) is 0 Å². The number of nitrogens with one attached hydrogen (secondary N) is 1. The molecule has 2 N–H and O–H groups in total. The van der Waals surface area contributed by atoms with E-state index in [9.17, 15) is 0 Å². The van der Waals surface area contributed by atoms with Gasteiger partial charge in [0.15, 0.2) is 0 Å². The molecule has 2 atom stereocenters. The minimum absolute atomic E-state index is 0.338. The topological polar surface area (TPSA) is 41.5 Å². The molecule has 0 radical (unpaired) electrons. The van der Waals surface area contributed by atoms with Crippen LogP contribution in [0.3, 0.4) is 0 Å². The summed E-state index contributed by atoms with van der Waals surface area (Å²) in [5.41, 5.74) is 0. The van der Waals surface area contributed by atoms with Crippen molar-refractivity contribution in [2.45, 2.75) is 25.3 Å². The first-order valence-corrected chi connectivity index (χ1v) is 4.20. The van der Waals surface area contributed by atoms with E-state index in [4.69, 9.17) is 9.76 Å². The zero-order chi connectivity index (χ0) is 8.10. The quantitative estimate of drug-likeness (QED) is 0.548. The molecule has 0 amide bonds. The molecule has 0 heterocycles. The fourth-order valence-electron chi connectivity index (χ4n) is 1.63. The van der Waals surface area contributed by atoms with Gasteiger partial charge in [0.1, 0.15) is 0 Å². The Bertz CT molecular complexity index is 113. The van der Waals surface area contributed by atoms with E-state index in [2.05, 4.69) is 5.23 Å². The molecule has 0 aromatic carbocycles. The number of aliphatic hydroxyl groups is 1. The molecule has 0 aliphatic heterocycles. The maximum absolute atomic E-state index is 8.85. The standard InChI is InChI=1S/C7H16BNO2/c1-11-8-9-7-3-2-6(4-7)5-10/h6-10H,2-5H2,1H3. The lowest BCUT2D eigenvalue weighted by Crippen LogP contribution is -2.31. The van der Waals surface area contributed by atoms with E-state index in [1.807, 2.05) is 0 Å². The highest BCUT2D eigenvalue weighted by atomic mass is 16.4. The van der Waals surface area contributed by atoms with Crippen molar-refractivity contribution in [1.82, 2.24) is 5.23 Å². The summed E-state index contributed by atoms with van der Waals surface area (Å²) >= 11 is 0. The Morgan fingerprint density at radius 1 is 1.64 bits per heavy atom. The fourth-order valence-corrected chi connectivity index (χ4v) is 1.63. The lowest BCUT2D eigenvalue weighted by Gasteiger charge is -2.09. The van der Waals surface area contributed by atoms with E-state index in [1.165, 1.54) is 6.42 Å². The van der Waals surface area contributed by atoms with Crippen LogP contribution in [0.25, 0.3) is 0 Å². The number of hydrogen-bond acceptors (Lipinski definition) is 3. The van der Waals surface area contributed by atoms with Crippen LogP contribution < -0.4 is 5.23 Å². The van der Waals surface area contributed by atoms with Crippen LogP contribution in [0.4, 0.5) is 0 Å². The largest absolute Gasteiger partial charge is 0.427 e. The van der Waals surface area contributed by atoms with E-state index in [1.54, 1.807) is 7.11 Å². The summed E-state index contributed by atoms with van der Waals surface area (Å²) in [6, 6.07) is 0.562. The summed E-state index contributed by atoms with van der Waals surface area (Å²) < 4.78 is 4.90. The van der Waals surface area contributed by atoms with Gasteiger partial charge in [0.05, 0.1) is 0 Å². The summed E-state index contributed by atoms with van der Waals surface area (Å²) in [7, 11) is 2.31. The van der Waals surface area contributed by atoms with Crippen molar-refractivity contribution >= 4 is 7.62 Å². The zero-order valence-corrected chi connectivity index (χ0v) is 7.05. The second-order valence-corrected chi connectivity index (χ2v) is 3.20. The van der Waals surface area contributed by atoms with Gasteiger partial charge < -0.3 is 15.0 Å². The molecule has 11 heavy (non-hydrogen) atoms. The Labute approximate surface area is 68.4 Å². The summed E-state index contributed by atoms with van der Waals surface area (Å²) in [5, 5.41) is 12.1. The van der Waals surface area contributed by atoms with Crippen LogP contribution in [0.15, 0.2) is 0 Å². The SMILES string of the molecule is COBNC1CCC(CO)C1. The van der Waals surface area contributed by atoms with Crippen LogP contribution in [0, 0.1) is 5.92 Å². The van der Waals surface area contributed by atoms with Gasteiger partial charge in [0.25, 0.3) is 0 Å². The van der Waals surface area contributed by atoms with Gasteiger partial charge in [-0.15, -0.1) is 0 Å². The van der Waals surface area contributed by atoms with Gasteiger partial charge >= 0.3 is 7.62 Å². The Hall–Kier alpha value is -0.0551. The van der Waals surface area contributed by atoms with E-state index in [0.717, 1.165) is 12.8 Å². The molecule has 0 spiro atoms. The van der Waals surface area contributed by atoms with E-state index in [-0.39, 0.29) is 0 Å². The molecule has 0 saturated heterocycles. The Morgan fingerprint density at radius 2 is 2.45 bits per heavy atom. The number of aliphatic hydroxyl groups excluding tert-OH is 1. The number of hydrogen-bond donors (Lipinski definition) is 2. The summed E-state index contributed by atoms with van der Waals surface area (Å²) in [5.74, 6) is 0.518. The Balaban J connectivity index is 2.09. The number of rotatable bonds is 4. The first kappa shape index (κ1) is 9.04. The van der Waals surface area contributed by atoms with Gasteiger partial charge in [-0.05, 0) is 31.2 Å². The summed E-state index contributed by atoms with van der Waals surface area (Å²) in [6.07, 6.45) is 3.42. The Morgan fingerprint density at radius 3 is 3.00 bits per heavy atom. The van der Waals surface area contributed by atoms with Crippen molar-refractivity contribution in [2.24, 2.45) is 5.92 Å². The zero-order valence-electron chi connectivity index (χ0n) is 7.05. The first-order valence-electron chi connectivity index (χ1n) is 4.20. The Kier molecular flexibility index (Phi) is 3.90. The lowest BCUT2D eigenvalue weighted by molar-refractivity contribution is 0.228. The van der Waals surface area contributed by atoms with Crippen LogP contribution >= 0.6 is 0 Å². The maximum atomic E-state index is 8.85. The molecule has 0 aromatic rings. The van der Waals surface area contributed by atoms with Crippen LogP contribution in [0.5, 0.6) is 0 Å². The van der Waals surface area contributed by atoms with Gasteiger partial charge in [0.2, 0.25) is 0 Å². The van der Waals surface area contributed by atoms with Crippen molar-refractivity contribution in [3.05, 3.63) is 0 Å². The molecule has 3 nitrogen and oxygen atoms in total. The molecule has 1 rings (SSSR count). The predicted molar refractivity (Wildman–Crippen MR) is 45.5 cm³/mol. The molecule has 1 aliphatic carbocycles. The minimum atomic E-state index is 0.338. The fraction of sp³-hybridized carbons (Fsp3) is 1.00. The second kappa shape index (κ2) is 4.75. The van der Waals surface area contributed by atoms with Crippen molar-refractivity contribution < 1.29 is 9.76 Å². The second-order valence-electron chi connectivity index (χ2n) is 3.20. The van der Waals surface area contributed by atoms with E-state index >= 15 is 0 Å². The van der Waals surface area contributed by atoms with Crippen LogP contribution in [0.1, 0.15) is 19.3 Å². The lowest BCUT2D eigenvalue weighted by atomic mass is 10.1. The molecule has 1 aliphatic rings. The van der Waals surface area contributed by atoms with Gasteiger partial charge in [-0.25, -0.2) is 0 Å². The third-order valence-corrected chi connectivity index (χ3v) is 2.32. The first-order chi connectivity index (χ1) is 5.36. The van der Waals surface area contributed by atoms with Gasteiger partial charge in [-0.2, -0.15) is 0 Å². The van der Waals surface area contributed by atoms with Crippen molar-refractivity contribution in [2.75, 3.05) is 13.7 Å². The maximum Gasteiger partial charge on any atom is 0.360 e. The van der Waals surface area contributed by atoms with Crippen molar-refractivity contribution in [3.8, 4) is 0 Å². The van der Waals surface area contributed by atoms with Crippen LogP contribution in [-0.2, 0) is 4.65 Å². The molecule has 1 fully saturated rings. The monoisotopic (exact) mass is 157 g/mol. The molecule has 0 bridgehead atoms. The normalized spacial score (nSPS) is 30.7. The molecule has 1 saturated carbocycles. The molecular weight excluding hydrogens is 141 g/mol. The van der Waals surface area contributed by atoms with Crippen LogP contribution in [-0.4, -0.2) is 32.5 Å². The predicted octanol–water partition coefficient (Wildman–Crippen LogP) is -0.350. The van der Waals surface area contributed by atoms with Gasteiger partial charge in [-0.1, -0.05) is 0 Å². The smallest absolute Gasteiger partial charge is 0.360 e. The molecule has 64 valence electrons. The average Bonchev–Trinajstić information content (AvgIpc) is 2.48.